The largest absolute Gasteiger partial charge is 0.392 e. The summed E-state index contributed by atoms with van der Waals surface area (Å²) in [5, 5.41) is 22.1. The molecule has 0 aliphatic heterocycles. The van der Waals surface area contributed by atoms with Gasteiger partial charge in [-0.3, -0.25) is 0 Å². The van der Waals surface area contributed by atoms with Gasteiger partial charge in [0.2, 0.25) is 0 Å². The zero-order valence-corrected chi connectivity index (χ0v) is 9.49. The van der Waals surface area contributed by atoms with Crippen molar-refractivity contribution in [3.8, 4) is 0 Å². The maximum absolute atomic E-state index is 9.96. The van der Waals surface area contributed by atoms with Crippen LogP contribution in [0.4, 0.5) is 0 Å². The quantitative estimate of drug-likeness (QED) is 0.696. The van der Waals surface area contributed by atoms with Crippen molar-refractivity contribution in [3.63, 3.8) is 0 Å². The van der Waals surface area contributed by atoms with Crippen molar-refractivity contribution in [1.82, 2.24) is 5.32 Å². The minimum Gasteiger partial charge on any atom is -0.392 e. The van der Waals surface area contributed by atoms with E-state index in [9.17, 15) is 5.11 Å². The number of aryl methyl sites for hydroxylation is 1. The Morgan fingerprint density at radius 3 is 2.60 bits per heavy atom. The molecule has 0 fully saturated rings. The average Bonchev–Trinajstić information content (AvgIpc) is 2.27. The smallest absolute Gasteiger partial charge is 0.0940 e. The molecule has 0 saturated heterocycles. The summed E-state index contributed by atoms with van der Waals surface area (Å²) >= 11 is 0. The van der Waals surface area contributed by atoms with Crippen LogP contribution in [0.15, 0.2) is 18.2 Å². The van der Waals surface area contributed by atoms with E-state index in [1.165, 1.54) is 0 Å². The Balaban J connectivity index is 2.95. The number of nitrogens with one attached hydrogen (secondary N) is 1. The average molecular weight is 209 g/mol. The molecule has 0 aliphatic rings. The first-order valence-corrected chi connectivity index (χ1v) is 5.15. The zero-order chi connectivity index (χ0) is 11.4. The van der Waals surface area contributed by atoms with Crippen molar-refractivity contribution < 1.29 is 10.2 Å². The van der Waals surface area contributed by atoms with Crippen molar-refractivity contribution in [2.45, 2.75) is 32.6 Å². The first-order valence-electron chi connectivity index (χ1n) is 5.15. The molecule has 2 atom stereocenters. The van der Waals surface area contributed by atoms with Gasteiger partial charge in [0, 0.05) is 6.04 Å². The molecule has 1 aromatic rings. The summed E-state index contributed by atoms with van der Waals surface area (Å²) in [7, 11) is 1.81. The summed E-state index contributed by atoms with van der Waals surface area (Å²) in [5.74, 6) is 0. The van der Waals surface area contributed by atoms with Crippen LogP contribution < -0.4 is 5.32 Å². The molecule has 3 N–H and O–H groups in total. The molecule has 0 aliphatic carbocycles. The van der Waals surface area contributed by atoms with Crippen LogP contribution in [0.3, 0.4) is 0 Å². The lowest BCUT2D eigenvalue weighted by atomic mass is 9.99. The zero-order valence-electron chi connectivity index (χ0n) is 9.49. The second-order valence-corrected chi connectivity index (χ2v) is 3.87. The molecule has 2 unspecified atom stereocenters. The Kier molecular flexibility index (Phi) is 4.27. The van der Waals surface area contributed by atoms with E-state index in [1.807, 2.05) is 39.1 Å². The highest BCUT2D eigenvalue weighted by Gasteiger charge is 2.15. The minimum atomic E-state index is -0.541. The van der Waals surface area contributed by atoms with E-state index in [0.717, 1.165) is 16.7 Å². The lowest BCUT2D eigenvalue weighted by Gasteiger charge is -2.19. The molecule has 0 heterocycles. The fourth-order valence-corrected chi connectivity index (χ4v) is 1.49. The SMILES string of the molecule is CNC(C)C(O)c1ccc(C)c(CO)c1. The van der Waals surface area contributed by atoms with Crippen LogP contribution in [0, 0.1) is 6.92 Å². The molecule has 1 aromatic carbocycles. The molecule has 84 valence electrons. The lowest BCUT2D eigenvalue weighted by molar-refractivity contribution is 0.140. The van der Waals surface area contributed by atoms with E-state index in [0.29, 0.717) is 0 Å². The maximum atomic E-state index is 9.96. The van der Waals surface area contributed by atoms with Gasteiger partial charge in [0.15, 0.2) is 0 Å². The molecule has 3 nitrogen and oxygen atoms in total. The standard InChI is InChI=1S/C12H19NO2/c1-8-4-5-10(6-11(8)7-14)12(15)9(2)13-3/h4-6,9,12-15H,7H2,1-3H3. The summed E-state index contributed by atoms with van der Waals surface area (Å²) in [6.07, 6.45) is -0.541. The monoisotopic (exact) mass is 209 g/mol. The molecule has 3 heteroatoms. The molecule has 0 saturated carbocycles. The highest BCUT2D eigenvalue weighted by atomic mass is 16.3. The normalized spacial score (nSPS) is 15.0. The van der Waals surface area contributed by atoms with Gasteiger partial charge in [-0.1, -0.05) is 18.2 Å². The third-order valence-electron chi connectivity index (χ3n) is 2.81. The number of benzene rings is 1. The van der Waals surface area contributed by atoms with Gasteiger partial charge in [-0.2, -0.15) is 0 Å². The molecule has 15 heavy (non-hydrogen) atoms. The lowest BCUT2D eigenvalue weighted by Crippen LogP contribution is -2.28. The Morgan fingerprint density at radius 1 is 1.40 bits per heavy atom. The second kappa shape index (κ2) is 5.26. The van der Waals surface area contributed by atoms with Crippen molar-refractivity contribution in [2.24, 2.45) is 0 Å². The number of hydrogen-bond acceptors (Lipinski definition) is 3. The highest BCUT2D eigenvalue weighted by molar-refractivity contribution is 5.32. The van der Waals surface area contributed by atoms with Gasteiger partial charge in [-0.05, 0) is 37.6 Å². The van der Waals surface area contributed by atoms with Crippen LogP contribution in [-0.2, 0) is 6.61 Å². The number of likely N-dealkylation sites (N-methyl/N-ethyl adjacent to an activating group) is 1. The summed E-state index contributed by atoms with van der Waals surface area (Å²) in [6.45, 7) is 3.88. The van der Waals surface area contributed by atoms with E-state index in [2.05, 4.69) is 5.32 Å². The topological polar surface area (TPSA) is 52.5 Å². The fraction of sp³-hybridized carbons (Fsp3) is 0.500. The van der Waals surface area contributed by atoms with Gasteiger partial charge in [-0.25, -0.2) is 0 Å². The van der Waals surface area contributed by atoms with Crippen LogP contribution in [0.2, 0.25) is 0 Å². The Morgan fingerprint density at radius 2 is 2.07 bits per heavy atom. The van der Waals surface area contributed by atoms with Gasteiger partial charge in [0.1, 0.15) is 0 Å². The molecule has 0 aromatic heterocycles. The van der Waals surface area contributed by atoms with Gasteiger partial charge >= 0.3 is 0 Å². The van der Waals surface area contributed by atoms with E-state index >= 15 is 0 Å². The first-order chi connectivity index (χ1) is 7.10. The number of hydrogen-bond donors (Lipinski definition) is 3. The maximum Gasteiger partial charge on any atom is 0.0940 e. The van der Waals surface area contributed by atoms with Crippen LogP contribution in [-0.4, -0.2) is 23.3 Å². The summed E-state index contributed by atoms with van der Waals surface area (Å²) < 4.78 is 0. The molecule has 1 rings (SSSR count). The van der Waals surface area contributed by atoms with E-state index in [1.54, 1.807) is 0 Å². The van der Waals surface area contributed by atoms with Crippen molar-refractivity contribution in [2.75, 3.05) is 7.05 Å². The predicted octanol–water partition coefficient (Wildman–Crippen LogP) is 1.13. The Hall–Kier alpha value is -0.900. The summed E-state index contributed by atoms with van der Waals surface area (Å²) in [6, 6.07) is 5.67. The van der Waals surface area contributed by atoms with Gasteiger partial charge in [-0.15, -0.1) is 0 Å². The van der Waals surface area contributed by atoms with Crippen molar-refractivity contribution >= 4 is 0 Å². The number of rotatable bonds is 4. The Labute approximate surface area is 90.8 Å². The summed E-state index contributed by atoms with van der Waals surface area (Å²) in [5.41, 5.74) is 2.76. The van der Waals surface area contributed by atoms with Crippen LogP contribution in [0.5, 0.6) is 0 Å². The van der Waals surface area contributed by atoms with E-state index in [-0.39, 0.29) is 12.6 Å². The second-order valence-electron chi connectivity index (χ2n) is 3.87. The van der Waals surface area contributed by atoms with Crippen LogP contribution >= 0.6 is 0 Å². The molecular weight excluding hydrogens is 190 g/mol. The third kappa shape index (κ3) is 2.78. The van der Waals surface area contributed by atoms with Gasteiger partial charge in [0.05, 0.1) is 12.7 Å². The molecule has 0 bridgehead atoms. The number of aliphatic hydroxyl groups excluding tert-OH is 2. The predicted molar refractivity (Wildman–Crippen MR) is 60.6 cm³/mol. The van der Waals surface area contributed by atoms with Crippen LogP contribution in [0.25, 0.3) is 0 Å². The highest BCUT2D eigenvalue weighted by Crippen LogP contribution is 2.20. The van der Waals surface area contributed by atoms with E-state index in [4.69, 9.17) is 5.11 Å². The molecule has 0 amide bonds. The molecule has 0 spiro atoms. The number of aliphatic hydroxyl groups is 2. The van der Waals surface area contributed by atoms with E-state index < -0.39 is 6.10 Å². The van der Waals surface area contributed by atoms with Gasteiger partial charge in [0.25, 0.3) is 0 Å². The van der Waals surface area contributed by atoms with Gasteiger partial charge < -0.3 is 15.5 Å². The fourth-order valence-electron chi connectivity index (χ4n) is 1.49. The Bertz CT molecular complexity index is 325. The molecular formula is C12H19NO2. The molecule has 0 radical (unpaired) electrons. The van der Waals surface area contributed by atoms with Crippen molar-refractivity contribution in [1.29, 1.82) is 0 Å². The van der Waals surface area contributed by atoms with Crippen molar-refractivity contribution in [3.05, 3.63) is 34.9 Å². The summed E-state index contributed by atoms with van der Waals surface area (Å²) in [4.78, 5) is 0. The first kappa shape index (κ1) is 12.2. The van der Waals surface area contributed by atoms with Crippen LogP contribution in [0.1, 0.15) is 29.7 Å². The minimum absolute atomic E-state index is 0.000695. The third-order valence-corrected chi connectivity index (χ3v) is 2.81.